The number of anilines is 2. The van der Waals surface area contributed by atoms with E-state index in [9.17, 15) is 17.6 Å². The molecule has 6 nitrogen and oxygen atoms in total. The number of amides is 1. The molecule has 0 radical (unpaired) electrons. The van der Waals surface area contributed by atoms with Crippen molar-refractivity contribution in [1.29, 1.82) is 0 Å². The van der Waals surface area contributed by atoms with Gasteiger partial charge in [-0.25, -0.2) is 12.8 Å². The second-order valence-electron chi connectivity index (χ2n) is 8.66. The molecule has 2 aliphatic rings. The van der Waals surface area contributed by atoms with E-state index in [4.69, 9.17) is 0 Å². The molecule has 1 saturated heterocycles. The Hall–Kier alpha value is -2.75. The maximum Gasteiger partial charge on any atom is 0.245 e. The first-order valence-electron chi connectivity index (χ1n) is 11.4. The van der Waals surface area contributed by atoms with Gasteiger partial charge in [-0.1, -0.05) is 24.3 Å². The molecule has 0 spiro atoms. The van der Waals surface area contributed by atoms with Crippen molar-refractivity contribution in [2.24, 2.45) is 5.92 Å². The van der Waals surface area contributed by atoms with Crippen molar-refractivity contribution in [1.82, 2.24) is 4.31 Å². The van der Waals surface area contributed by atoms with E-state index < -0.39 is 15.8 Å². The third-order valence-corrected chi connectivity index (χ3v) is 9.54. The minimum atomic E-state index is -3.92. The molecule has 1 aromatic heterocycles. The average molecular weight is 500 g/mol. The highest BCUT2D eigenvalue weighted by atomic mass is 32.2. The van der Waals surface area contributed by atoms with Gasteiger partial charge < -0.3 is 10.2 Å². The van der Waals surface area contributed by atoms with Crippen LogP contribution in [0.2, 0.25) is 0 Å². The van der Waals surface area contributed by atoms with Gasteiger partial charge in [-0.2, -0.15) is 4.31 Å². The Morgan fingerprint density at radius 1 is 1.00 bits per heavy atom. The second-order valence-corrected chi connectivity index (χ2v) is 11.6. The first-order valence-corrected chi connectivity index (χ1v) is 13.7. The van der Waals surface area contributed by atoms with Crippen LogP contribution in [0.15, 0.2) is 64.9 Å². The Morgan fingerprint density at radius 2 is 1.74 bits per heavy atom. The number of nitrogens with zero attached hydrogens (tertiary/aromatic N) is 2. The smallest absolute Gasteiger partial charge is 0.245 e. The van der Waals surface area contributed by atoms with Gasteiger partial charge in [-0.05, 0) is 60.5 Å². The van der Waals surface area contributed by atoms with Gasteiger partial charge in [0.05, 0.1) is 11.4 Å². The summed E-state index contributed by atoms with van der Waals surface area (Å²) in [6.45, 7) is 2.08. The number of hydrogen-bond acceptors (Lipinski definition) is 5. The Balaban J connectivity index is 1.24. The summed E-state index contributed by atoms with van der Waals surface area (Å²) in [5.41, 5.74) is 3.10. The molecule has 2 aromatic carbocycles. The summed E-state index contributed by atoms with van der Waals surface area (Å²) in [5, 5.41) is 5.21. The van der Waals surface area contributed by atoms with Crippen LogP contribution in [-0.4, -0.2) is 38.3 Å². The monoisotopic (exact) mass is 499 g/mol. The zero-order valence-electron chi connectivity index (χ0n) is 18.6. The number of rotatable bonds is 5. The average Bonchev–Trinajstić information content (AvgIpc) is 3.32. The fraction of sp³-hybridized carbons (Fsp3) is 0.320. The van der Waals surface area contributed by atoms with Gasteiger partial charge in [-0.3, -0.25) is 4.79 Å². The number of benzene rings is 2. The molecule has 9 heteroatoms. The zero-order valence-corrected chi connectivity index (χ0v) is 20.2. The Labute approximate surface area is 203 Å². The van der Waals surface area contributed by atoms with Crippen molar-refractivity contribution in [3.63, 3.8) is 0 Å². The maximum absolute atomic E-state index is 14.1. The van der Waals surface area contributed by atoms with Crippen LogP contribution in [0.3, 0.4) is 0 Å². The summed E-state index contributed by atoms with van der Waals surface area (Å²) >= 11 is 1.79. The van der Waals surface area contributed by atoms with Crippen LogP contribution in [0.25, 0.3) is 0 Å². The van der Waals surface area contributed by atoms with Crippen LogP contribution >= 0.6 is 11.3 Å². The number of carbonyl (C=O) groups is 1. The highest BCUT2D eigenvalue weighted by Gasteiger charge is 2.33. The normalized spacial score (nSPS) is 17.4. The molecule has 1 amide bonds. The predicted octanol–water partition coefficient (Wildman–Crippen LogP) is 4.49. The van der Waals surface area contributed by atoms with Crippen molar-refractivity contribution in [3.05, 3.63) is 76.2 Å². The number of nitrogens with one attached hydrogen (secondary N) is 1. The van der Waals surface area contributed by atoms with Crippen molar-refractivity contribution >= 4 is 38.6 Å². The lowest BCUT2D eigenvalue weighted by molar-refractivity contribution is -0.120. The van der Waals surface area contributed by atoms with Crippen molar-refractivity contribution in [3.8, 4) is 0 Å². The first-order chi connectivity index (χ1) is 16.4. The fourth-order valence-corrected chi connectivity index (χ4v) is 7.12. The molecule has 2 aliphatic heterocycles. The van der Waals surface area contributed by atoms with Crippen LogP contribution in [0.5, 0.6) is 0 Å². The molecule has 1 N–H and O–H groups in total. The lowest BCUT2D eigenvalue weighted by atomic mass is 9.97. The standard InChI is InChI=1S/C25H26FN3O3S2/c26-20-5-1-4-8-24(20)34(31,32)29-14-9-18(10-15-29)25(30)27-21-6-2-3-7-22(21)28-13-11-23-19(17-28)12-16-33-23/h1-8,12,16,18H,9-11,13-15,17H2,(H,27,30). The third kappa shape index (κ3) is 4.47. The maximum atomic E-state index is 14.1. The molecule has 3 heterocycles. The number of fused-ring (bicyclic) bond motifs is 1. The van der Waals surface area contributed by atoms with E-state index in [1.54, 1.807) is 11.3 Å². The molecule has 0 aliphatic carbocycles. The predicted molar refractivity (Wildman–Crippen MR) is 132 cm³/mol. The van der Waals surface area contributed by atoms with Crippen molar-refractivity contribution in [2.45, 2.75) is 30.7 Å². The number of sulfonamides is 1. The van der Waals surface area contributed by atoms with E-state index in [-0.39, 0.29) is 29.8 Å². The minimum absolute atomic E-state index is 0.108. The Kier molecular flexibility index (Phi) is 6.42. The lowest BCUT2D eigenvalue weighted by Gasteiger charge is -2.32. The summed E-state index contributed by atoms with van der Waals surface area (Å²) in [4.78, 5) is 16.5. The molecule has 34 heavy (non-hydrogen) atoms. The second kappa shape index (κ2) is 9.48. The van der Waals surface area contributed by atoms with E-state index in [1.165, 1.54) is 32.9 Å². The topological polar surface area (TPSA) is 69.7 Å². The summed E-state index contributed by atoms with van der Waals surface area (Å²) in [6, 6.07) is 15.4. The quantitative estimate of drug-likeness (QED) is 0.562. The summed E-state index contributed by atoms with van der Waals surface area (Å²) in [7, 11) is -3.92. The van der Waals surface area contributed by atoms with E-state index >= 15 is 0 Å². The summed E-state index contributed by atoms with van der Waals surface area (Å²) in [5.74, 6) is -1.17. The van der Waals surface area contributed by atoms with Gasteiger partial charge in [0.15, 0.2) is 0 Å². The van der Waals surface area contributed by atoms with Crippen LogP contribution in [0.1, 0.15) is 23.3 Å². The molecular weight excluding hydrogens is 473 g/mol. The number of thiophene rings is 1. The first kappa shape index (κ1) is 23.0. The zero-order chi connectivity index (χ0) is 23.7. The molecule has 0 atom stereocenters. The van der Waals surface area contributed by atoms with Crippen LogP contribution in [-0.2, 0) is 27.8 Å². The molecule has 0 unspecified atom stereocenters. The number of piperidine rings is 1. The summed E-state index contributed by atoms with van der Waals surface area (Å²) < 4.78 is 41.0. The number of carbonyl (C=O) groups excluding carboxylic acids is 1. The van der Waals surface area contributed by atoms with Gasteiger partial charge in [0.25, 0.3) is 0 Å². The van der Waals surface area contributed by atoms with E-state index in [0.717, 1.165) is 37.0 Å². The van der Waals surface area contributed by atoms with Gasteiger partial charge in [0.1, 0.15) is 10.7 Å². The molecular formula is C25H26FN3O3S2. The van der Waals surface area contributed by atoms with Gasteiger partial charge in [0.2, 0.25) is 15.9 Å². The highest BCUT2D eigenvalue weighted by Crippen LogP contribution is 2.33. The van der Waals surface area contributed by atoms with Gasteiger partial charge in [0, 0.05) is 37.0 Å². The molecule has 5 rings (SSSR count). The third-order valence-electron chi connectivity index (χ3n) is 6.59. The van der Waals surface area contributed by atoms with E-state index in [2.05, 4.69) is 21.7 Å². The lowest BCUT2D eigenvalue weighted by Crippen LogP contribution is -2.41. The molecule has 0 saturated carbocycles. The molecule has 0 bridgehead atoms. The van der Waals surface area contributed by atoms with E-state index in [1.807, 2.05) is 24.3 Å². The Morgan fingerprint density at radius 3 is 2.53 bits per heavy atom. The minimum Gasteiger partial charge on any atom is -0.365 e. The molecule has 1 fully saturated rings. The largest absolute Gasteiger partial charge is 0.365 e. The highest BCUT2D eigenvalue weighted by molar-refractivity contribution is 7.89. The fourth-order valence-electron chi connectivity index (χ4n) is 4.70. The van der Waals surface area contributed by atoms with Crippen molar-refractivity contribution < 1.29 is 17.6 Å². The number of hydrogen-bond donors (Lipinski definition) is 1. The van der Waals surface area contributed by atoms with Crippen LogP contribution in [0.4, 0.5) is 15.8 Å². The van der Waals surface area contributed by atoms with Crippen molar-refractivity contribution in [2.75, 3.05) is 29.9 Å². The van der Waals surface area contributed by atoms with Crippen LogP contribution in [0, 0.1) is 11.7 Å². The number of para-hydroxylation sites is 2. The SMILES string of the molecule is O=C(Nc1ccccc1N1CCc2sccc2C1)C1CCN(S(=O)(=O)c2ccccc2F)CC1. The van der Waals surface area contributed by atoms with Gasteiger partial charge in [-0.15, -0.1) is 11.3 Å². The Bertz CT molecular complexity index is 1300. The number of halogens is 1. The van der Waals surface area contributed by atoms with E-state index in [0.29, 0.717) is 12.8 Å². The van der Waals surface area contributed by atoms with Crippen LogP contribution < -0.4 is 10.2 Å². The molecule has 178 valence electrons. The summed E-state index contributed by atoms with van der Waals surface area (Å²) in [6.07, 6.45) is 1.78. The molecule has 3 aromatic rings. The van der Waals surface area contributed by atoms with Gasteiger partial charge >= 0.3 is 0 Å².